The van der Waals surface area contributed by atoms with Crippen molar-refractivity contribution in [2.24, 2.45) is 7.05 Å². The maximum atomic E-state index is 11.6. The Labute approximate surface area is 162 Å². The number of carboxylic acid groups (broad SMARTS) is 1. The molecule has 1 aliphatic heterocycles. The zero-order valence-corrected chi connectivity index (χ0v) is 15.7. The molecule has 1 saturated heterocycles. The third-order valence-corrected chi connectivity index (χ3v) is 5.40. The minimum atomic E-state index is -0.963. The van der Waals surface area contributed by atoms with Crippen molar-refractivity contribution in [3.63, 3.8) is 0 Å². The standard InChI is InChI=1S/C21H23N3O4/c1-23-20(25)12-18(22-23)14-8-10-24(11-9-14)13-15-6-7-19(28-15)16-4-2-3-5-17(16)21(26)27/h2-7,12,14,22H,8-11,13H2,1H3,(H,26,27). The largest absolute Gasteiger partial charge is 0.478 e. The van der Waals surface area contributed by atoms with Crippen molar-refractivity contribution in [2.45, 2.75) is 25.3 Å². The highest BCUT2D eigenvalue weighted by atomic mass is 16.4. The number of H-pyrrole nitrogens is 1. The van der Waals surface area contributed by atoms with E-state index >= 15 is 0 Å². The SMILES string of the molecule is Cn1[nH]c(C2CCN(Cc3ccc(-c4ccccc4C(=O)O)o3)CC2)cc1=O. The number of aromatic nitrogens is 2. The topological polar surface area (TPSA) is 91.5 Å². The molecule has 0 atom stereocenters. The minimum absolute atomic E-state index is 0.00202. The molecule has 0 aliphatic carbocycles. The van der Waals surface area contributed by atoms with E-state index in [2.05, 4.69) is 10.00 Å². The molecule has 28 heavy (non-hydrogen) atoms. The fraction of sp³-hybridized carbons (Fsp3) is 0.333. The molecule has 4 rings (SSSR count). The van der Waals surface area contributed by atoms with E-state index in [-0.39, 0.29) is 11.1 Å². The normalized spacial score (nSPS) is 15.8. The lowest BCUT2D eigenvalue weighted by Gasteiger charge is -2.30. The van der Waals surface area contributed by atoms with E-state index in [0.717, 1.165) is 37.4 Å². The summed E-state index contributed by atoms with van der Waals surface area (Å²) >= 11 is 0. The Hall–Kier alpha value is -3.06. The zero-order valence-electron chi connectivity index (χ0n) is 15.7. The van der Waals surface area contributed by atoms with Gasteiger partial charge in [0.2, 0.25) is 0 Å². The quantitative estimate of drug-likeness (QED) is 0.709. The number of aryl methyl sites for hydroxylation is 1. The predicted molar refractivity (Wildman–Crippen MR) is 104 cm³/mol. The van der Waals surface area contributed by atoms with Crippen LogP contribution in [0.2, 0.25) is 0 Å². The second-order valence-electron chi connectivity index (χ2n) is 7.28. The molecule has 146 valence electrons. The van der Waals surface area contributed by atoms with Gasteiger partial charge in [-0.3, -0.25) is 19.5 Å². The summed E-state index contributed by atoms with van der Waals surface area (Å²) in [6.07, 6.45) is 1.96. The van der Waals surface area contributed by atoms with E-state index in [0.29, 0.717) is 23.8 Å². The van der Waals surface area contributed by atoms with Gasteiger partial charge in [-0.2, -0.15) is 0 Å². The van der Waals surface area contributed by atoms with Crippen molar-refractivity contribution >= 4 is 5.97 Å². The molecule has 0 amide bonds. The number of hydrogen-bond donors (Lipinski definition) is 2. The molecule has 0 spiro atoms. The number of benzene rings is 1. The number of carbonyl (C=O) groups is 1. The van der Waals surface area contributed by atoms with E-state index in [9.17, 15) is 14.7 Å². The second-order valence-corrected chi connectivity index (χ2v) is 7.28. The molecule has 2 N–H and O–H groups in total. The average molecular weight is 381 g/mol. The van der Waals surface area contributed by atoms with Crippen molar-refractivity contribution in [2.75, 3.05) is 13.1 Å². The summed E-state index contributed by atoms with van der Waals surface area (Å²) in [6, 6.07) is 12.3. The van der Waals surface area contributed by atoms with Crippen molar-refractivity contribution in [3.05, 3.63) is 69.8 Å². The fourth-order valence-electron chi connectivity index (χ4n) is 3.83. The number of hydrogen-bond acceptors (Lipinski definition) is 4. The van der Waals surface area contributed by atoms with Crippen molar-refractivity contribution in [1.29, 1.82) is 0 Å². The predicted octanol–water partition coefficient (Wildman–Crippen LogP) is 3.05. The Morgan fingerprint density at radius 3 is 2.64 bits per heavy atom. The van der Waals surface area contributed by atoms with Crippen LogP contribution < -0.4 is 5.56 Å². The summed E-state index contributed by atoms with van der Waals surface area (Å²) in [5.74, 6) is 0.806. The van der Waals surface area contributed by atoms with Crippen LogP contribution in [0.5, 0.6) is 0 Å². The molecule has 7 heteroatoms. The summed E-state index contributed by atoms with van der Waals surface area (Å²) in [6.45, 7) is 2.53. The molecule has 7 nitrogen and oxygen atoms in total. The lowest BCUT2D eigenvalue weighted by Crippen LogP contribution is -2.32. The van der Waals surface area contributed by atoms with Gasteiger partial charge < -0.3 is 9.52 Å². The van der Waals surface area contributed by atoms with Crippen molar-refractivity contribution in [3.8, 4) is 11.3 Å². The van der Waals surface area contributed by atoms with Crippen molar-refractivity contribution in [1.82, 2.24) is 14.7 Å². The zero-order chi connectivity index (χ0) is 19.7. The van der Waals surface area contributed by atoms with Crippen molar-refractivity contribution < 1.29 is 14.3 Å². The highest BCUT2D eigenvalue weighted by molar-refractivity contribution is 5.95. The third-order valence-electron chi connectivity index (χ3n) is 5.40. The van der Waals surface area contributed by atoms with Crippen LogP contribution in [0, 0.1) is 0 Å². The maximum Gasteiger partial charge on any atom is 0.336 e. The molecule has 1 fully saturated rings. The Bertz CT molecular complexity index is 1040. The molecule has 2 aromatic heterocycles. The van der Waals surface area contributed by atoms with Gasteiger partial charge in [0, 0.05) is 30.3 Å². The van der Waals surface area contributed by atoms with Gasteiger partial charge in [0.15, 0.2) is 0 Å². The second kappa shape index (κ2) is 7.52. The summed E-state index contributed by atoms with van der Waals surface area (Å²) in [7, 11) is 1.73. The van der Waals surface area contributed by atoms with Gasteiger partial charge in [0.25, 0.3) is 5.56 Å². The van der Waals surface area contributed by atoms with Gasteiger partial charge >= 0.3 is 5.97 Å². The summed E-state index contributed by atoms with van der Waals surface area (Å²) in [5.41, 5.74) is 1.84. The fourth-order valence-corrected chi connectivity index (χ4v) is 3.83. The van der Waals surface area contributed by atoms with Gasteiger partial charge in [-0.15, -0.1) is 0 Å². The summed E-state index contributed by atoms with van der Waals surface area (Å²) < 4.78 is 7.45. The van der Waals surface area contributed by atoms with E-state index < -0.39 is 5.97 Å². The Kier molecular flexibility index (Phi) is 4.92. The molecule has 1 aromatic carbocycles. The van der Waals surface area contributed by atoms with E-state index in [4.69, 9.17) is 4.42 Å². The Morgan fingerprint density at radius 1 is 1.21 bits per heavy atom. The lowest BCUT2D eigenvalue weighted by atomic mass is 9.93. The molecule has 0 saturated carbocycles. The highest BCUT2D eigenvalue weighted by Crippen LogP contribution is 2.29. The first-order valence-electron chi connectivity index (χ1n) is 9.41. The number of carboxylic acids is 1. The van der Waals surface area contributed by atoms with Gasteiger partial charge in [0.1, 0.15) is 11.5 Å². The molecule has 3 aromatic rings. The summed E-state index contributed by atoms with van der Waals surface area (Å²) in [4.78, 5) is 25.4. The number of likely N-dealkylation sites (tertiary alicyclic amines) is 1. The number of nitrogens with one attached hydrogen (secondary N) is 1. The molecular formula is C21H23N3O4. The number of rotatable bonds is 5. The number of nitrogens with zero attached hydrogens (tertiary/aromatic N) is 2. The molecule has 0 bridgehead atoms. The van der Waals surface area contributed by atoms with Crippen LogP contribution >= 0.6 is 0 Å². The van der Waals surface area contributed by atoms with Crippen LogP contribution in [0.15, 0.2) is 51.7 Å². The minimum Gasteiger partial charge on any atom is -0.478 e. The molecule has 3 heterocycles. The molecule has 1 aliphatic rings. The molecule has 0 radical (unpaired) electrons. The number of aromatic carboxylic acids is 1. The third kappa shape index (κ3) is 3.66. The van der Waals surface area contributed by atoms with Gasteiger partial charge in [-0.05, 0) is 44.1 Å². The van der Waals surface area contributed by atoms with E-state index in [1.807, 2.05) is 18.2 Å². The van der Waals surface area contributed by atoms with Crippen LogP contribution in [0.25, 0.3) is 11.3 Å². The first kappa shape index (κ1) is 18.3. The first-order chi connectivity index (χ1) is 13.5. The van der Waals surface area contributed by atoms with Crippen LogP contribution in [-0.2, 0) is 13.6 Å². The summed E-state index contributed by atoms with van der Waals surface area (Å²) in [5, 5.41) is 12.5. The van der Waals surface area contributed by atoms with Crippen LogP contribution in [-0.4, -0.2) is 38.8 Å². The monoisotopic (exact) mass is 381 g/mol. The molecule has 0 unspecified atom stereocenters. The van der Waals surface area contributed by atoms with Crippen LogP contribution in [0.4, 0.5) is 0 Å². The van der Waals surface area contributed by atoms with E-state index in [1.54, 1.807) is 31.3 Å². The van der Waals surface area contributed by atoms with Crippen LogP contribution in [0.3, 0.4) is 0 Å². The maximum absolute atomic E-state index is 11.6. The lowest BCUT2D eigenvalue weighted by molar-refractivity contribution is 0.0697. The average Bonchev–Trinajstić information content (AvgIpc) is 3.29. The first-order valence-corrected chi connectivity index (χ1v) is 9.41. The van der Waals surface area contributed by atoms with Gasteiger partial charge in [0.05, 0.1) is 12.1 Å². The van der Waals surface area contributed by atoms with Gasteiger partial charge in [-0.1, -0.05) is 18.2 Å². The number of aromatic amines is 1. The van der Waals surface area contributed by atoms with E-state index in [1.165, 1.54) is 4.68 Å². The Morgan fingerprint density at radius 2 is 1.96 bits per heavy atom. The number of furan rings is 1. The Balaban J connectivity index is 1.40. The van der Waals surface area contributed by atoms with Gasteiger partial charge in [-0.25, -0.2) is 4.79 Å². The smallest absolute Gasteiger partial charge is 0.336 e. The molecular weight excluding hydrogens is 358 g/mol. The number of piperidine rings is 1. The highest BCUT2D eigenvalue weighted by Gasteiger charge is 2.23. The van der Waals surface area contributed by atoms with Crippen LogP contribution in [0.1, 0.15) is 40.6 Å².